The highest BCUT2D eigenvalue weighted by molar-refractivity contribution is 6.31. The lowest BCUT2D eigenvalue weighted by Crippen LogP contribution is -1.92. The van der Waals surface area contributed by atoms with Crippen molar-refractivity contribution in [1.29, 1.82) is 0 Å². The number of nitrogens with zero attached hydrogens (tertiary/aromatic N) is 4. The molecule has 3 heterocycles. The van der Waals surface area contributed by atoms with Gasteiger partial charge < -0.3 is 9.51 Å². The van der Waals surface area contributed by atoms with Gasteiger partial charge in [0.05, 0.1) is 29.2 Å². The number of hydrogen-bond acceptors (Lipinski definition) is 5. The summed E-state index contributed by atoms with van der Waals surface area (Å²) in [5.41, 5.74) is 2.56. The van der Waals surface area contributed by atoms with Crippen LogP contribution in [0.15, 0.2) is 35.3 Å². The van der Waals surface area contributed by atoms with Gasteiger partial charge in [-0.25, -0.2) is 4.98 Å². The Morgan fingerprint density at radius 1 is 1.25 bits per heavy atom. The third-order valence-corrected chi connectivity index (χ3v) is 3.29. The van der Waals surface area contributed by atoms with Crippen molar-refractivity contribution in [2.45, 2.75) is 6.42 Å². The fourth-order valence-electron chi connectivity index (χ4n) is 2.18. The number of H-pyrrole nitrogens is 1. The molecule has 0 amide bonds. The lowest BCUT2D eigenvalue weighted by Gasteiger charge is -1.97. The molecule has 0 unspecified atom stereocenters. The second-order valence-electron chi connectivity index (χ2n) is 4.39. The van der Waals surface area contributed by atoms with Crippen molar-refractivity contribution in [2.24, 2.45) is 0 Å². The molecule has 0 radical (unpaired) electrons. The number of rotatable bonds is 2. The monoisotopic (exact) mass is 285 g/mol. The summed E-state index contributed by atoms with van der Waals surface area (Å²) >= 11 is 6.04. The molecule has 0 aliphatic carbocycles. The van der Waals surface area contributed by atoms with Gasteiger partial charge in [-0.2, -0.15) is 4.98 Å². The lowest BCUT2D eigenvalue weighted by atomic mass is 10.2. The van der Waals surface area contributed by atoms with Crippen LogP contribution < -0.4 is 0 Å². The number of fused-ring (bicyclic) bond motifs is 3. The van der Waals surface area contributed by atoms with E-state index in [2.05, 4.69) is 25.1 Å². The fraction of sp³-hybridized carbons (Fsp3) is 0.0769. The van der Waals surface area contributed by atoms with E-state index in [1.807, 2.05) is 18.2 Å². The van der Waals surface area contributed by atoms with Crippen LogP contribution in [0.5, 0.6) is 0 Å². The number of nitrogens with one attached hydrogen (secondary N) is 1. The van der Waals surface area contributed by atoms with Gasteiger partial charge in [-0.3, -0.25) is 4.98 Å². The first-order valence-electron chi connectivity index (χ1n) is 5.98. The second kappa shape index (κ2) is 4.28. The minimum Gasteiger partial charge on any atom is -0.343 e. The van der Waals surface area contributed by atoms with Gasteiger partial charge in [0.1, 0.15) is 5.82 Å². The largest absolute Gasteiger partial charge is 0.343 e. The van der Waals surface area contributed by atoms with Crippen LogP contribution in [0.1, 0.15) is 11.6 Å². The molecule has 0 saturated heterocycles. The highest BCUT2D eigenvalue weighted by Gasteiger charge is 2.10. The first-order valence-corrected chi connectivity index (χ1v) is 6.35. The first kappa shape index (κ1) is 11.4. The molecular weight excluding hydrogens is 278 g/mol. The van der Waals surface area contributed by atoms with Gasteiger partial charge in [-0.05, 0) is 18.2 Å². The number of pyridine rings is 1. The quantitative estimate of drug-likeness (QED) is 0.612. The molecule has 6 nitrogen and oxygen atoms in total. The number of hydrogen-bond donors (Lipinski definition) is 1. The Balaban J connectivity index is 1.89. The van der Waals surface area contributed by atoms with Crippen molar-refractivity contribution in [3.8, 4) is 0 Å². The Labute approximate surface area is 117 Å². The van der Waals surface area contributed by atoms with Gasteiger partial charge in [0.15, 0.2) is 5.82 Å². The number of imidazole rings is 1. The molecule has 7 heteroatoms. The topological polar surface area (TPSA) is 80.5 Å². The molecule has 0 bridgehead atoms. The number of halogens is 1. The van der Waals surface area contributed by atoms with Crippen molar-refractivity contribution in [2.75, 3.05) is 0 Å². The lowest BCUT2D eigenvalue weighted by molar-refractivity contribution is 0.411. The smallest absolute Gasteiger partial charge is 0.213 e. The van der Waals surface area contributed by atoms with Crippen LogP contribution in [0.3, 0.4) is 0 Å². The standard InChI is InChI=1S/C13H8ClN5O/c14-7-1-2-9-8(3-7)13-10(5-15-9)17-12(18-13)4-11-16-6-20-19-11/h1-3,5-6H,4H2,(H,17,18). The Morgan fingerprint density at radius 3 is 3.05 bits per heavy atom. The van der Waals surface area contributed by atoms with Crippen molar-refractivity contribution in [3.63, 3.8) is 0 Å². The maximum atomic E-state index is 6.04. The van der Waals surface area contributed by atoms with E-state index in [1.54, 1.807) is 6.20 Å². The number of benzene rings is 1. The van der Waals surface area contributed by atoms with E-state index in [0.29, 0.717) is 17.3 Å². The highest BCUT2D eigenvalue weighted by Crippen LogP contribution is 2.24. The molecule has 0 spiro atoms. The third kappa shape index (κ3) is 1.81. The summed E-state index contributed by atoms with van der Waals surface area (Å²) < 4.78 is 4.71. The molecule has 20 heavy (non-hydrogen) atoms. The van der Waals surface area contributed by atoms with Gasteiger partial charge >= 0.3 is 0 Å². The zero-order valence-corrected chi connectivity index (χ0v) is 10.9. The van der Waals surface area contributed by atoms with E-state index in [4.69, 9.17) is 16.1 Å². The minimum atomic E-state index is 0.479. The van der Waals surface area contributed by atoms with Gasteiger partial charge in [0.25, 0.3) is 0 Å². The Kier molecular flexibility index (Phi) is 2.43. The molecular formula is C13H8ClN5O. The van der Waals surface area contributed by atoms with Gasteiger partial charge in [-0.15, -0.1) is 0 Å². The van der Waals surface area contributed by atoms with Crippen LogP contribution in [0, 0.1) is 0 Å². The highest BCUT2D eigenvalue weighted by atomic mass is 35.5. The molecule has 4 aromatic rings. The van der Waals surface area contributed by atoms with E-state index < -0.39 is 0 Å². The van der Waals surface area contributed by atoms with Crippen molar-refractivity contribution in [1.82, 2.24) is 25.1 Å². The maximum Gasteiger partial charge on any atom is 0.213 e. The third-order valence-electron chi connectivity index (χ3n) is 3.06. The van der Waals surface area contributed by atoms with Gasteiger partial charge in [0.2, 0.25) is 6.39 Å². The van der Waals surface area contributed by atoms with E-state index in [1.165, 1.54) is 6.39 Å². The van der Waals surface area contributed by atoms with Crippen LogP contribution >= 0.6 is 11.6 Å². The van der Waals surface area contributed by atoms with Crippen molar-refractivity contribution in [3.05, 3.63) is 47.5 Å². The van der Waals surface area contributed by atoms with Crippen LogP contribution in [0.25, 0.3) is 21.9 Å². The average Bonchev–Trinajstić information content (AvgIpc) is 3.08. The summed E-state index contributed by atoms with van der Waals surface area (Å²) in [6.45, 7) is 0. The van der Waals surface area contributed by atoms with Crippen LogP contribution in [-0.2, 0) is 6.42 Å². The summed E-state index contributed by atoms with van der Waals surface area (Å²) in [5, 5.41) is 5.36. The molecule has 0 aliphatic heterocycles. The SMILES string of the molecule is Clc1ccc2ncc3[nH]c(Cc4ncon4)nc3c2c1. The molecule has 98 valence electrons. The molecule has 1 N–H and O–H groups in total. The molecule has 0 saturated carbocycles. The average molecular weight is 286 g/mol. The minimum absolute atomic E-state index is 0.479. The summed E-state index contributed by atoms with van der Waals surface area (Å²) in [5.74, 6) is 1.34. The number of aromatic amines is 1. The molecule has 4 rings (SSSR count). The zero-order chi connectivity index (χ0) is 13.5. The van der Waals surface area contributed by atoms with Gasteiger partial charge in [0, 0.05) is 10.4 Å². The first-order chi connectivity index (χ1) is 9.79. The maximum absolute atomic E-state index is 6.04. The predicted molar refractivity (Wildman–Crippen MR) is 73.5 cm³/mol. The molecule has 0 atom stereocenters. The molecule has 0 aliphatic rings. The van der Waals surface area contributed by atoms with Crippen molar-refractivity contribution < 1.29 is 4.52 Å². The van der Waals surface area contributed by atoms with Gasteiger partial charge in [-0.1, -0.05) is 16.8 Å². The fourth-order valence-corrected chi connectivity index (χ4v) is 2.36. The Morgan fingerprint density at radius 2 is 2.20 bits per heavy atom. The molecule has 0 fully saturated rings. The molecule has 1 aromatic carbocycles. The second-order valence-corrected chi connectivity index (χ2v) is 4.83. The normalized spacial score (nSPS) is 11.4. The molecule has 3 aromatic heterocycles. The van der Waals surface area contributed by atoms with Crippen LogP contribution in [0.4, 0.5) is 0 Å². The van der Waals surface area contributed by atoms with Crippen LogP contribution in [-0.4, -0.2) is 25.1 Å². The van der Waals surface area contributed by atoms with E-state index in [-0.39, 0.29) is 0 Å². The zero-order valence-electron chi connectivity index (χ0n) is 10.2. The summed E-state index contributed by atoms with van der Waals surface area (Å²) in [6.07, 6.45) is 3.54. The summed E-state index contributed by atoms with van der Waals surface area (Å²) in [7, 11) is 0. The van der Waals surface area contributed by atoms with Crippen molar-refractivity contribution >= 4 is 33.5 Å². The Hall–Kier alpha value is -2.47. The summed E-state index contributed by atoms with van der Waals surface area (Å²) in [6, 6.07) is 5.56. The van der Waals surface area contributed by atoms with E-state index in [9.17, 15) is 0 Å². The Bertz CT molecular complexity index is 900. The van der Waals surface area contributed by atoms with Crippen LogP contribution in [0.2, 0.25) is 5.02 Å². The number of aromatic nitrogens is 5. The predicted octanol–water partition coefficient (Wildman–Crippen LogP) is 2.74. The van der Waals surface area contributed by atoms with E-state index in [0.717, 1.165) is 27.8 Å². The van der Waals surface area contributed by atoms with E-state index >= 15 is 0 Å². The summed E-state index contributed by atoms with van der Waals surface area (Å²) in [4.78, 5) is 16.2.